The zero-order chi connectivity index (χ0) is 20.8. The fraction of sp³-hybridized carbons (Fsp3) is 0.522. The molecule has 164 valence electrons. The normalized spacial score (nSPS) is 21.6. The van der Waals surface area contributed by atoms with Crippen molar-refractivity contribution in [2.24, 2.45) is 5.41 Å². The van der Waals surface area contributed by atoms with Gasteiger partial charge < -0.3 is 19.9 Å². The predicted octanol–water partition coefficient (Wildman–Crippen LogP) is 3.45. The molecule has 6 rings (SSSR count). The topological polar surface area (TPSA) is 56.4 Å². The minimum atomic E-state index is -0.183. The van der Waals surface area contributed by atoms with Gasteiger partial charge in [-0.05, 0) is 43.5 Å². The monoisotopic (exact) mass is 441 g/mol. The smallest absolute Gasteiger partial charge is 0.149 e. The Bertz CT molecular complexity index is 1080. The Morgan fingerprint density at radius 3 is 2.81 bits per heavy atom. The summed E-state index contributed by atoms with van der Waals surface area (Å²) in [6, 6.07) is 3.73. The van der Waals surface area contributed by atoms with Crippen LogP contribution >= 0.6 is 11.3 Å². The lowest BCUT2D eigenvalue weighted by Crippen LogP contribution is -2.59. The van der Waals surface area contributed by atoms with Gasteiger partial charge in [-0.3, -0.25) is 4.90 Å². The summed E-state index contributed by atoms with van der Waals surface area (Å²) in [4.78, 5) is 13.6. The summed E-state index contributed by atoms with van der Waals surface area (Å²) in [6.07, 6.45) is 6.38. The molecular weight excluding hydrogens is 413 g/mol. The van der Waals surface area contributed by atoms with Crippen molar-refractivity contribution in [1.82, 2.24) is 20.2 Å². The first-order valence-electron chi connectivity index (χ1n) is 11.2. The maximum absolute atomic E-state index is 15.3. The Morgan fingerprint density at radius 2 is 2.00 bits per heavy atom. The van der Waals surface area contributed by atoms with E-state index in [9.17, 15) is 0 Å². The lowest BCUT2D eigenvalue weighted by atomic mass is 9.72. The molecule has 0 saturated carbocycles. The molecule has 3 aromatic rings. The molecule has 3 aliphatic rings. The third-order valence-electron chi connectivity index (χ3n) is 7.06. The van der Waals surface area contributed by atoms with Gasteiger partial charge in [0, 0.05) is 49.5 Å². The summed E-state index contributed by atoms with van der Waals surface area (Å²) >= 11 is 1.69. The number of nitrogens with zero attached hydrogens (tertiary/aromatic N) is 3. The standard InChI is InChI=1S/C23H28FN5OS/c24-18-11-17(16-1-4-26-21(16)22(18)29-7-9-30-10-8-29)19-12-27-20(31-19)13-28-14-23(15-28)2-5-25-6-3-23/h1,4,11-12,25-26H,2-3,5-10,13-15H2. The number of ether oxygens (including phenoxy) is 1. The molecule has 1 spiro atoms. The maximum atomic E-state index is 15.3. The summed E-state index contributed by atoms with van der Waals surface area (Å²) < 4.78 is 20.7. The molecule has 31 heavy (non-hydrogen) atoms. The molecule has 3 saturated heterocycles. The number of halogens is 1. The van der Waals surface area contributed by atoms with Crippen molar-refractivity contribution < 1.29 is 9.13 Å². The van der Waals surface area contributed by atoms with Gasteiger partial charge in [-0.25, -0.2) is 9.37 Å². The zero-order valence-corrected chi connectivity index (χ0v) is 18.4. The largest absolute Gasteiger partial charge is 0.378 e. The van der Waals surface area contributed by atoms with E-state index in [1.165, 1.54) is 25.9 Å². The van der Waals surface area contributed by atoms with Crippen molar-refractivity contribution in [3.63, 3.8) is 0 Å². The van der Waals surface area contributed by atoms with Gasteiger partial charge in [0.15, 0.2) is 0 Å². The van der Waals surface area contributed by atoms with Crippen molar-refractivity contribution in [2.45, 2.75) is 19.4 Å². The number of anilines is 1. The van der Waals surface area contributed by atoms with Crippen molar-refractivity contribution in [1.29, 1.82) is 0 Å². The van der Waals surface area contributed by atoms with Gasteiger partial charge in [0.1, 0.15) is 10.8 Å². The van der Waals surface area contributed by atoms with Crippen LogP contribution in [0, 0.1) is 11.2 Å². The summed E-state index contributed by atoms with van der Waals surface area (Å²) in [5.74, 6) is -0.183. The molecule has 0 atom stereocenters. The quantitative estimate of drug-likeness (QED) is 0.650. The molecular formula is C23H28FN5OS. The number of aromatic nitrogens is 2. The number of fused-ring (bicyclic) bond motifs is 1. The lowest BCUT2D eigenvalue weighted by Gasteiger charge is -2.52. The van der Waals surface area contributed by atoms with Crippen LogP contribution in [-0.2, 0) is 11.3 Å². The summed E-state index contributed by atoms with van der Waals surface area (Å²) in [5.41, 5.74) is 2.97. The van der Waals surface area contributed by atoms with Crippen LogP contribution in [0.5, 0.6) is 0 Å². The van der Waals surface area contributed by atoms with Gasteiger partial charge >= 0.3 is 0 Å². The number of benzene rings is 1. The van der Waals surface area contributed by atoms with E-state index < -0.39 is 0 Å². The molecule has 2 aromatic heterocycles. The second kappa shape index (κ2) is 7.85. The number of likely N-dealkylation sites (tertiary alicyclic amines) is 1. The van der Waals surface area contributed by atoms with Crippen molar-refractivity contribution in [2.75, 3.05) is 57.4 Å². The summed E-state index contributed by atoms with van der Waals surface area (Å²) in [5, 5.41) is 5.63. The molecule has 2 N–H and O–H groups in total. The van der Waals surface area contributed by atoms with E-state index in [0.29, 0.717) is 37.4 Å². The second-order valence-corrected chi connectivity index (χ2v) is 10.2. The number of piperidine rings is 1. The zero-order valence-electron chi connectivity index (χ0n) is 17.6. The highest BCUT2D eigenvalue weighted by molar-refractivity contribution is 7.15. The van der Waals surface area contributed by atoms with Crippen LogP contribution in [0.4, 0.5) is 10.1 Å². The highest BCUT2D eigenvalue weighted by Crippen LogP contribution is 2.41. The van der Waals surface area contributed by atoms with Crippen molar-refractivity contribution >= 4 is 27.9 Å². The Hall–Kier alpha value is -2.00. The molecule has 1 aromatic carbocycles. The first-order chi connectivity index (χ1) is 15.2. The summed E-state index contributed by atoms with van der Waals surface area (Å²) in [7, 11) is 0. The van der Waals surface area contributed by atoms with Gasteiger partial charge in [0.2, 0.25) is 0 Å². The number of rotatable bonds is 4. The van der Waals surface area contributed by atoms with E-state index in [1.807, 2.05) is 18.5 Å². The molecule has 0 aliphatic carbocycles. The molecule has 5 heterocycles. The minimum Gasteiger partial charge on any atom is -0.378 e. The van der Waals surface area contributed by atoms with Crippen molar-refractivity contribution in [3.8, 4) is 10.4 Å². The minimum absolute atomic E-state index is 0.183. The first kappa shape index (κ1) is 19.7. The SMILES string of the molecule is Fc1cc(-c2cnc(CN3CC4(CCNCC4)C3)s2)c2cc[nH]c2c1N1CCOCC1. The highest BCUT2D eigenvalue weighted by Gasteiger charge is 2.43. The highest BCUT2D eigenvalue weighted by atomic mass is 32.1. The molecule has 0 radical (unpaired) electrons. The van der Waals surface area contributed by atoms with Gasteiger partial charge in [-0.2, -0.15) is 0 Å². The predicted molar refractivity (Wildman–Crippen MR) is 122 cm³/mol. The van der Waals surface area contributed by atoms with Gasteiger partial charge in [-0.15, -0.1) is 11.3 Å². The van der Waals surface area contributed by atoms with E-state index >= 15 is 4.39 Å². The maximum Gasteiger partial charge on any atom is 0.149 e. The second-order valence-electron chi connectivity index (χ2n) is 9.13. The van der Waals surface area contributed by atoms with Crippen LogP contribution < -0.4 is 10.2 Å². The van der Waals surface area contributed by atoms with Crippen molar-refractivity contribution in [3.05, 3.63) is 35.4 Å². The fourth-order valence-electron chi connectivity index (χ4n) is 5.47. The molecule has 0 amide bonds. The van der Waals surface area contributed by atoms with E-state index in [4.69, 9.17) is 4.74 Å². The number of nitrogens with one attached hydrogen (secondary N) is 2. The number of morpholine rings is 1. The first-order valence-corrected chi connectivity index (χ1v) is 12.0. The Balaban J connectivity index is 1.24. The molecule has 8 heteroatoms. The number of thiazole rings is 1. The molecule has 0 bridgehead atoms. The lowest BCUT2D eigenvalue weighted by molar-refractivity contribution is -0.0282. The van der Waals surface area contributed by atoms with E-state index in [-0.39, 0.29) is 5.82 Å². The van der Waals surface area contributed by atoms with Crippen LogP contribution in [0.15, 0.2) is 24.5 Å². The van der Waals surface area contributed by atoms with Gasteiger partial charge in [0.25, 0.3) is 0 Å². The average molecular weight is 442 g/mol. The van der Waals surface area contributed by atoms with Crippen LogP contribution in [-0.4, -0.2) is 67.4 Å². The Kier molecular flexibility index (Phi) is 4.98. The summed E-state index contributed by atoms with van der Waals surface area (Å²) in [6.45, 7) is 8.23. The Morgan fingerprint density at radius 1 is 1.19 bits per heavy atom. The van der Waals surface area contributed by atoms with E-state index in [0.717, 1.165) is 46.0 Å². The average Bonchev–Trinajstić information content (AvgIpc) is 3.43. The van der Waals surface area contributed by atoms with Gasteiger partial charge in [-0.1, -0.05) is 0 Å². The number of hydrogen-bond donors (Lipinski definition) is 2. The molecule has 3 aliphatic heterocycles. The van der Waals surface area contributed by atoms with E-state index in [1.54, 1.807) is 17.4 Å². The number of H-pyrrole nitrogens is 1. The van der Waals surface area contributed by atoms with Crippen LogP contribution in [0.3, 0.4) is 0 Å². The third kappa shape index (κ3) is 3.55. The fourth-order valence-corrected chi connectivity index (χ4v) is 6.46. The molecule has 0 unspecified atom stereocenters. The van der Waals surface area contributed by atoms with E-state index in [2.05, 4.69) is 25.1 Å². The Labute approximate surface area is 185 Å². The third-order valence-corrected chi connectivity index (χ3v) is 8.07. The van der Waals surface area contributed by atoms with Gasteiger partial charge in [0.05, 0.1) is 35.8 Å². The molecule has 3 fully saturated rings. The van der Waals surface area contributed by atoms with Crippen LogP contribution in [0.2, 0.25) is 0 Å². The van der Waals surface area contributed by atoms with Crippen LogP contribution in [0.25, 0.3) is 21.3 Å². The number of hydrogen-bond acceptors (Lipinski definition) is 6. The molecule has 6 nitrogen and oxygen atoms in total. The number of aromatic amines is 1. The van der Waals surface area contributed by atoms with Crippen LogP contribution in [0.1, 0.15) is 17.8 Å².